The van der Waals surface area contributed by atoms with Gasteiger partial charge in [-0.2, -0.15) is 0 Å². The molecule has 0 spiro atoms. The zero-order valence-electron chi connectivity index (χ0n) is 7.60. The molecule has 0 aromatic carbocycles. The maximum atomic E-state index is 9.51. The van der Waals surface area contributed by atoms with Crippen molar-refractivity contribution in [3.63, 3.8) is 0 Å². The van der Waals surface area contributed by atoms with Crippen LogP contribution in [0, 0.1) is 0 Å². The first-order valence-electron chi connectivity index (χ1n) is 2.36. The zero-order chi connectivity index (χ0) is 11.2. The van der Waals surface area contributed by atoms with Crippen molar-refractivity contribution in [2.24, 2.45) is 0 Å². The Morgan fingerprint density at radius 3 is 1.13 bits per heavy atom. The molecule has 0 amide bonds. The Morgan fingerprint density at radius 1 is 1.00 bits per heavy atom. The minimum atomic E-state index is -2.28. The number of hydrogen-bond donors (Lipinski definition) is 0. The molecule has 78 valence electrons. The predicted molar refractivity (Wildman–Crippen MR) is 45.8 cm³/mol. The molecule has 0 atom stereocenters. The van der Waals surface area contributed by atoms with Crippen molar-refractivity contribution < 1.29 is 78.9 Å². The molecule has 0 aromatic rings. The molecule has 0 saturated heterocycles. The number of aliphatic carboxylic acids is 2. The molecule has 0 aliphatic rings. The van der Waals surface area contributed by atoms with Gasteiger partial charge in [-0.3, -0.25) is 0 Å². The van der Waals surface area contributed by atoms with E-state index in [1.165, 1.54) is 0 Å². The molecule has 0 radical (unpaired) electrons. The van der Waals surface area contributed by atoms with Gasteiger partial charge in [-0.25, -0.2) is 0 Å². The molecule has 0 unspecified atom stereocenters. The third-order valence-corrected chi connectivity index (χ3v) is 1.23. The van der Waals surface area contributed by atoms with Crippen molar-refractivity contribution in [1.29, 1.82) is 0 Å². The molecule has 0 N–H and O–H groups in total. The summed E-state index contributed by atoms with van der Waals surface area (Å²) in [6.07, 6.45) is 0. The van der Waals surface area contributed by atoms with Crippen LogP contribution in [-0.2, 0) is 9.59 Å². The largest absolute Gasteiger partial charge is 1.00 e. The van der Waals surface area contributed by atoms with Gasteiger partial charge in [0.15, 0.2) is 0 Å². The summed E-state index contributed by atoms with van der Waals surface area (Å²) in [5.41, 5.74) is 0. The number of hydrogen-bond acceptors (Lipinski definition) is 4. The van der Waals surface area contributed by atoms with E-state index < -0.39 is 20.6 Å². The van der Waals surface area contributed by atoms with E-state index in [1.807, 2.05) is 0 Å². The van der Waals surface area contributed by atoms with Crippen molar-refractivity contribution in [2.75, 3.05) is 0 Å². The van der Waals surface area contributed by atoms with Crippen LogP contribution in [0.15, 0.2) is 0 Å². The summed E-state index contributed by atoms with van der Waals surface area (Å²) in [5.74, 6) is -3.17. The standard InChI is InChI=1S/C2HCl3O2.C2H2Cl2O2.2Na/c3-2(4,5)1(6)7;3-1(4)2(5)6;;/h(H,6,7);1H,(H,5,6);;/q;;2*+1/p-2. The summed E-state index contributed by atoms with van der Waals surface area (Å²) in [5, 5.41) is 18.8. The van der Waals surface area contributed by atoms with Gasteiger partial charge in [-0.15, -0.1) is 0 Å². The smallest absolute Gasteiger partial charge is 0.547 e. The van der Waals surface area contributed by atoms with Crippen LogP contribution in [0.3, 0.4) is 0 Å². The maximum Gasteiger partial charge on any atom is 1.00 e. The summed E-state index contributed by atoms with van der Waals surface area (Å²) >= 11 is 23.6. The molecule has 0 bridgehead atoms. The number of alkyl halides is 5. The number of halogens is 5. The van der Waals surface area contributed by atoms with Gasteiger partial charge >= 0.3 is 59.1 Å². The monoisotopic (exact) mass is 334 g/mol. The number of carboxylic acids is 2. The first-order chi connectivity index (χ1) is 5.59. The van der Waals surface area contributed by atoms with E-state index in [2.05, 4.69) is 0 Å². The van der Waals surface area contributed by atoms with Crippen LogP contribution in [-0.4, -0.2) is 20.6 Å². The van der Waals surface area contributed by atoms with Crippen LogP contribution in [0.25, 0.3) is 0 Å². The van der Waals surface area contributed by atoms with Crippen molar-refractivity contribution in [1.82, 2.24) is 0 Å². The van der Waals surface area contributed by atoms with E-state index in [1.54, 1.807) is 0 Å². The first kappa shape index (κ1) is 26.1. The van der Waals surface area contributed by atoms with Crippen LogP contribution in [0.2, 0.25) is 0 Å². The first-order valence-corrected chi connectivity index (χ1v) is 4.37. The molecule has 0 aromatic heterocycles. The van der Waals surface area contributed by atoms with Crippen LogP contribution in [0.1, 0.15) is 0 Å². The Labute approximate surface area is 155 Å². The second-order valence-corrected chi connectivity index (χ2v) is 4.78. The van der Waals surface area contributed by atoms with Crippen LogP contribution in [0.5, 0.6) is 0 Å². The molecule has 0 rings (SSSR count). The van der Waals surface area contributed by atoms with Crippen LogP contribution in [0.4, 0.5) is 0 Å². The second-order valence-electron chi connectivity index (χ2n) is 1.40. The van der Waals surface area contributed by atoms with Crippen molar-refractivity contribution in [2.45, 2.75) is 8.63 Å². The van der Waals surface area contributed by atoms with Crippen molar-refractivity contribution >= 4 is 69.9 Å². The van der Waals surface area contributed by atoms with Gasteiger partial charge in [0, 0.05) is 0 Å². The Hall–Kier alpha value is 2.39. The average molecular weight is 336 g/mol. The third-order valence-electron chi connectivity index (χ3n) is 0.410. The number of carbonyl (C=O) groups excluding carboxylic acids is 2. The average Bonchev–Trinajstić information content (AvgIpc) is 1.86. The van der Waals surface area contributed by atoms with E-state index >= 15 is 0 Å². The van der Waals surface area contributed by atoms with Gasteiger partial charge in [0.1, 0.15) is 4.84 Å². The van der Waals surface area contributed by atoms with Crippen LogP contribution >= 0.6 is 58.0 Å². The van der Waals surface area contributed by atoms with Gasteiger partial charge in [0.25, 0.3) is 0 Å². The zero-order valence-corrected chi connectivity index (χ0v) is 15.4. The van der Waals surface area contributed by atoms with E-state index in [9.17, 15) is 19.8 Å². The minimum absolute atomic E-state index is 0. The summed E-state index contributed by atoms with van der Waals surface area (Å²) in [6, 6.07) is 0. The summed E-state index contributed by atoms with van der Waals surface area (Å²) < 4.78 is -2.28. The van der Waals surface area contributed by atoms with Crippen molar-refractivity contribution in [3.05, 3.63) is 0 Å². The molecular formula is C4HCl5Na2O4. The third kappa shape index (κ3) is 22.1. The number of rotatable bonds is 1. The number of carboxylic acid groups (broad SMARTS) is 2. The molecular weight excluding hydrogens is 335 g/mol. The number of carbonyl (C=O) groups is 2. The van der Waals surface area contributed by atoms with Crippen LogP contribution < -0.4 is 69.3 Å². The van der Waals surface area contributed by atoms with E-state index in [-0.39, 0.29) is 59.1 Å². The normalized spacial score (nSPS) is 8.93. The van der Waals surface area contributed by atoms with Gasteiger partial charge < -0.3 is 19.8 Å². The molecule has 4 nitrogen and oxygen atoms in total. The predicted octanol–water partition coefficient (Wildman–Crippen LogP) is -6.35. The topological polar surface area (TPSA) is 80.3 Å². The summed E-state index contributed by atoms with van der Waals surface area (Å²) in [4.78, 5) is 17.4. The SMILES string of the molecule is O=C([O-])C(Cl)(Cl)Cl.O=C([O-])C(Cl)Cl.[Na+].[Na+]. The maximum absolute atomic E-state index is 9.51. The van der Waals surface area contributed by atoms with E-state index in [4.69, 9.17) is 58.0 Å². The fraction of sp³-hybridized carbons (Fsp3) is 0.500. The quantitative estimate of drug-likeness (QED) is 0.352. The van der Waals surface area contributed by atoms with Gasteiger partial charge in [0.2, 0.25) is 3.79 Å². The fourth-order valence-electron chi connectivity index (χ4n) is 0. The molecule has 0 heterocycles. The molecule has 0 saturated carbocycles. The van der Waals surface area contributed by atoms with E-state index in [0.29, 0.717) is 0 Å². The Balaban J connectivity index is -0.0000000718. The fourth-order valence-corrected chi connectivity index (χ4v) is 0. The summed E-state index contributed by atoms with van der Waals surface area (Å²) in [7, 11) is 0. The molecule has 11 heteroatoms. The molecule has 0 fully saturated rings. The van der Waals surface area contributed by atoms with Gasteiger partial charge in [-0.1, -0.05) is 58.0 Å². The Bertz CT molecular complexity index is 194. The van der Waals surface area contributed by atoms with Gasteiger partial charge in [0.05, 0.1) is 11.9 Å². The van der Waals surface area contributed by atoms with Crippen molar-refractivity contribution in [3.8, 4) is 0 Å². The second kappa shape index (κ2) is 12.8. The van der Waals surface area contributed by atoms with Gasteiger partial charge in [-0.05, 0) is 0 Å². The molecule has 0 aliphatic carbocycles. The molecule has 15 heavy (non-hydrogen) atoms. The molecule has 0 aliphatic heterocycles. The Morgan fingerprint density at radius 2 is 1.13 bits per heavy atom. The van der Waals surface area contributed by atoms with E-state index in [0.717, 1.165) is 0 Å². The Kier molecular flexibility index (Phi) is 22.3. The summed E-state index contributed by atoms with van der Waals surface area (Å²) in [6.45, 7) is 0. The minimum Gasteiger partial charge on any atom is -0.547 e.